The van der Waals surface area contributed by atoms with Gasteiger partial charge in [-0.3, -0.25) is 4.79 Å². The summed E-state index contributed by atoms with van der Waals surface area (Å²) in [5.41, 5.74) is 0.367. The molecule has 2 fully saturated rings. The minimum atomic E-state index is -0.394. The van der Waals surface area contributed by atoms with Gasteiger partial charge in [0.1, 0.15) is 0 Å². The van der Waals surface area contributed by atoms with E-state index in [1.165, 1.54) is 19.3 Å². The molecule has 1 saturated heterocycles. The quantitative estimate of drug-likeness (QED) is 0.721. The topological polar surface area (TPSA) is 40.5 Å². The standard InChI is InChI=1S/C11H19NO2/c1-9(13)8-12-6-5-11(3-2-4-11)7-10(12)14/h9,13H,2-8H2,1H3. The van der Waals surface area contributed by atoms with Crippen molar-refractivity contribution in [2.24, 2.45) is 5.41 Å². The largest absolute Gasteiger partial charge is 0.392 e. The van der Waals surface area contributed by atoms with Crippen molar-refractivity contribution in [2.75, 3.05) is 13.1 Å². The van der Waals surface area contributed by atoms with Crippen LogP contribution in [-0.2, 0) is 4.79 Å². The maximum absolute atomic E-state index is 11.8. The molecule has 0 aromatic rings. The number of piperidine rings is 1. The van der Waals surface area contributed by atoms with Crippen LogP contribution in [0.15, 0.2) is 0 Å². The second kappa shape index (κ2) is 3.54. The summed E-state index contributed by atoms with van der Waals surface area (Å²) in [5, 5.41) is 9.23. The Hall–Kier alpha value is -0.570. The monoisotopic (exact) mass is 197 g/mol. The number of β-amino-alcohol motifs (C(OH)–C–C–N with tert-alkyl or cyclic N) is 1. The zero-order valence-corrected chi connectivity index (χ0v) is 8.83. The first-order valence-corrected chi connectivity index (χ1v) is 5.57. The Labute approximate surface area is 85.1 Å². The molecule has 1 amide bonds. The highest BCUT2D eigenvalue weighted by molar-refractivity contribution is 5.78. The van der Waals surface area contributed by atoms with Crippen molar-refractivity contribution in [3.63, 3.8) is 0 Å². The summed E-state index contributed by atoms with van der Waals surface area (Å²) in [6.07, 6.45) is 5.24. The Balaban J connectivity index is 1.90. The summed E-state index contributed by atoms with van der Waals surface area (Å²) in [7, 11) is 0. The van der Waals surface area contributed by atoms with Crippen molar-refractivity contribution >= 4 is 5.91 Å². The zero-order valence-electron chi connectivity index (χ0n) is 8.83. The Bertz CT molecular complexity index is 233. The molecule has 1 spiro atoms. The Morgan fingerprint density at radius 3 is 2.64 bits per heavy atom. The van der Waals surface area contributed by atoms with Gasteiger partial charge in [0.2, 0.25) is 5.91 Å². The summed E-state index contributed by atoms with van der Waals surface area (Å²) in [6.45, 7) is 3.10. The highest BCUT2D eigenvalue weighted by Crippen LogP contribution is 2.49. The van der Waals surface area contributed by atoms with Crippen LogP contribution in [0.4, 0.5) is 0 Å². The van der Waals surface area contributed by atoms with Gasteiger partial charge < -0.3 is 10.0 Å². The lowest BCUT2D eigenvalue weighted by Crippen LogP contribution is -2.48. The first-order chi connectivity index (χ1) is 6.61. The molecule has 1 N–H and O–H groups in total. The van der Waals surface area contributed by atoms with Gasteiger partial charge in [0.25, 0.3) is 0 Å². The second-order valence-electron chi connectivity index (χ2n) is 4.97. The molecule has 14 heavy (non-hydrogen) atoms. The van der Waals surface area contributed by atoms with E-state index in [9.17, 15) is 9.90 Å². The third kappa shape index (κ3) is 1.78. The lowest BCUT2D eigenvalue weighted by molar-refractivity contribution is -0.142. The molecule has 80 valence electrons. The number of hydrogen-bond acceptors (Lipinski definition) is 2. The van der Waals surface area contributed by atoms with E-state index in [-0.39, 0.29) is 5.91 Å². The number of carbonyl (C=O) groups is 1. The van der Waals surface area contributed by atoms with Crippen LogP contribution in [0.25, 0.3) is 0 Å². The summed E-state index contributed by atoms with van der Waals surface area (Å²) in [6, 6.07) is 0. The van der Waals surface area contributed by atoms with Crippen LogP contribution < -0.4 is 0 Å². The molecule has 0 bridgehead atoms. The molecule has 2 rings (SSSR count). The number of aliphatic hydroxyl groups is 1. The van der Waals surface area contributed by atoms with Crippen LogP contribution >= 0.6 is 0 Å². The predicted molar refractivity (Wildman–Crippen MR) is 53.8 cm³/mol. The molecular weight excluding hydrogens is 178 g/mol. The highest BCUT2D eigenvalue weighted by Gasteiger charge is 2.43. The summed E-state index contributed by atoms with van der Waals surface area (Å²) in [5.74, 6) is 0.247. The van der Waals surface area contributed by atoms with Crippen LogP contribution in [0, 0.1) is 5.41 Å². The fraction of sp³-hybridized carbons (Fsp3) is 0.909. The molecule has 3 nitrogen and oxygen atoms in total. The average Bonchev–Trinajstić information content (AvgIpc) is 2.05. The minimum Gasteiger partial charge on any atom is -0.392 e. The Morgan fingerprint density at radius 2 is 2.21 bits per heavy atom. The molecule has 2 aliphatic rings. The number of carbonyl (C=O) groups excluding carboxylic acids is 1. The van der Waals surface area contributed by atoms with Crippen LogP contribution in [0.2, 0.25) is 0 Å². The number of likely N-dealkylation sites (tertiary alicyclic amines) is 1. The van der Waals surface area contributed by atoms with Crippen molar-refractivity contribution < 1.29 is 9.90 Å². The summed E-state index contributed by atoms with van der Waals surface area (Å²) >= 11 is 0. The molecule has 1 aliphatic carbocycles. The molecule has 1 unspecified atom stereocenters. The molecule has 1 aliphatic heterocycles. The fourth-order valence-electron chi connectivity index (χ4n) is 2.63. The third-order valence-electron chi connectivity index (χ3n) is 3.69. The van der Waals surface area contributed by atoms with Crippen molar-refractivity contribution in [1.29, 1.82) is 0 Å². The van der Waals surface area contributed by atoms with Crippen molar-refractivity contribution in [3.05, 3.63) is 0 Å². The number of hydrogen-bond donors (Lipinski definition) is 1. The van der Waals surface area contributed by atoms with Crippen molar-refractivity contribution in [3.8, 4) is 0 Å². The van der Waals surface area contributed by atoms with Gasteiger partial charge in [0.15, 0.2) is 0 Å². The molecule has 1 saturated carbocycles. The maximum Gasteiger partial charge on any atom is 0.223 e. The van der Waals surface area contributed by atoms with Crippen LogP contribution in [0.1, 0.15) is 39.0 Å². The van der Waals surface area contributed by atoms with Gasteiger partial charge in [-0.25, -0.2) is 0 Å². The van der Waals surface area contributed by atoms with Crippen LogP contribution in [0.3, 0.4) is 0 Å². The van der Waals surface area contributed by atoms with E-state index >= 15 is 0 Å². The van der Waals surface area contributed by atoms with E-state index in [1.807, 2.05) is 4.90 Å². The average molecular weight is 197 g/mol. The second-order valence-corrected chi connectivity index (χ2v) is 4.97. The van der Waals surface area contributed by atoms with Gasteiger partial charge in [-0.2, -0.15) is 0 Å². The SMILES string of the molecule is CC(O)CN1CCC2(CCC2)CC1=O. The molecule has 0 aromatic heterocycles. The first-order valence-electron chi connectivity index (χ1n) is 5.57. The Morgan fingerprint density at radius 1 is 1.50 bits per heavy atom. The van der Waals surface area contributed by atoms with E-state index in [0.29, 0.717) is 12.0 Å². The lowest BCUT2D eigenvalue weighted by atomic mass is 9.63. The van der Waals surface area contributed by atoms with Gasteiger partial charge in [-0.1, -0.05) is 6.42 Å². The highest BCUT2D eigenvalue weighted by atomic mass is 16.3. The minimum absolute atomic E-state index is 0.247. The molecular formula is C11H19NO2. The van der Waals surface area contributed by atoms with Crippen molar-refractivity contribution in [2.45, 2.75) is 45.1 Å². The molecule has 3 heteroatoms. The van der Waals surface area contributed by atoms with Gasteiger partial charge in [-0.15, -0.1) is 0 Å². The summed E-state index contributed by atoms with van der Waals surface area (Å²) in [4.78, 5) is 13.6. The normalized spacial score (nSPS) is 27.6. The zero-order chi connectivity index (χ0) is 10.2. The Kier molecular flexibility index (Phi) is 2.52. The molecule has 0 radical (unpaired) electrons. The van der Waals surface area contributed by atoms with Gasteiger partial charge in [0.05, 0.1) is 6.10 Å². The van der Waals surface area contributed by atoms with Gasteiger partial charge >= 0.3 is 0 Å². The first kappa shape index (κ1) is 9.97. The molecule has 1 heterocycles. The smallest absolute Gasteiger partial charge is 0.223 e. The van der Waals surface area contributed by atoms with E-state index in [2.05, 4.69) is 0 Å². The summed E-state index contributed by atoms with van der Waals surface area (Å²) < 4.78 is 0. The van der Waals surface area contributed by atoms with Gasteiger partial charge in [-0.05, 0) is 31.6 Å². The number of rotatable bonds is 2. The van der Waals surface area contributed by atoms with E-state index in [0.717, 1.165) is 19.4 Å². The third-order valence-corrected chi connectivity index (χ3v) is 3.69. The van der Waals surface area contributed by atoms with Crippen LogP contribution in [0.5, 0.6) is 0 Å². The van der Waals surface area contributed by atoms with Crippen molar-refractivity contribution in [1.82, 2.24) is 4.90 Å². The molecule has 0 aromatic carbocycles. The predicted octanol–water partition coefficient (Wildman–Crippen LogP) is 1.16. The number of nitrogens with zero attached hydrogens (tertiary/aromatic N) is 1. The lowest BCUT2D eigenvalue weighted by Gasteiger charge is -2.47. The van der Waals surface area contributed by atoms with Gasteiger partial charge in [0, 0.05) is 19.5 Å². The molecule has 1 atom stereocenters. The fourth-order valence-corrected chi connectivity index (χ4v) is 2.63. The van der Waals surface area contributed by atoms with E-state index < -0.39 is 6.10 Å². The number of aliphatic hydroxyl groups excluding tert-OH is 1. The number of amides is 1. The van der Waals surface area contributed by atoms with Crippen LogP contribution in [-0.4, -0.2) is 35.1 Å². The van der Waals surface area contributed by atoms with E-state index in [1.54, 1.807) is 6.92 Å². The maximum atomic E-state index is 11.8. The van der Waals surface area contributed by atoms with E-state index in [4.69, 9.17) is 0 Å².